The van der Waals surface area contributed by atoms with Gasteiger partial charge in [-0.15, -0.1) is 0 Å². The van der Waals surface area contributed by atoms with Gasteiger partial charge in [-0.25, -0.2) is 0 Å². The minimum Gasteiger partial charge on any atom is -0.413 e. The summed E-state index contributed by atoms with van der Waals surface area (Å²) in [5.74, 6) is 0.488. The third-order valence-corrected chi connectivity index (χ3v) is 9.91. The predicted molar refractivity (Wildman–Crippen MR) is 99.8 cm³/mol. The third kappa shape index (κ3) is 5.38. The van der Waals surface area contributed by atoms with Crippen LogP contribution < -0.4 is 0 Å². The largest absolute Gasteiger partial charge is 0.413 e. The highest BCUT2D eigenvalue weighted by molar-refractivity contribution is 9.10. The Morgan fingerprint density at radius 1 is 1.24 bits per heavy atom. The molecule has 0 spiro atoms. The van der Waals surface area contributed by atoms with Crippen LogP contribution in [0.2, 0.25) is 23.2 Å². The van der Waals surface area contributed by atoms with Crippen LogP contribution in [0.5, 0.6) is 0 Å². The van der Waals surface area contributed by atoms with Crippen LogP contribution in [0, 0.1) is 5.92 Å². The Balaban J connectivity index is 2.93. The summed E-state index contributed by atoms with van der Waals surface area (Å²) in [7, 11) is -1.75. The Kier molecular flexibility index (Phi) is 6.55. The second kappa shape index (κ2) is 7.16. The lowest BCUT2D eigenvalue weighted by Crippen LogP contribution is -2.45. The molecule has 0 saturated carbocycles. The van der Waals surface area contributed by atoms with Crippen molar-refractivity contribution in [3.05, 3.63) is 33.3 Å². The second-order valence-electron chi connectivity index (χ2n) is 7.60. The first-order chi connectivity index (χ1) is 9.44. The Morgan fingerprint density at radius 2 is 1.81 bits per heavy atom. The molecule has 0 aromatic heterocycles. The van der Waals surface area contributed by atoms with E-state index in [-0.39, 0.29) is 11.1 Å². The minimum atomic E-state index is -1.75. The van der Waals surface area contributed by atoms with Crippen LogP contribution in [-0.2, 0) is 10.8 Å². The SMILES string of the molecule is CC(C)C(Cc1ccc(Cl)cc1Br)O[Si](C)(C)C(C)(C)C. The molecule has 0 fully saturated rings. The van der Waals surface area contributed by atoms with Crippen molar-refractivity contribution in [2.24, 2.45) is 5.92 Å². The number of hydrogen-bond donors (Lipinski definition) is 0. The lowest BCUT2D eigenvalue weighted by molar-refractivity contribution is 0.133. The third-order valence-electron chi connectivity index (χ3n) is 4.43. The van der Waals surface area contributed by atoms with Crippen molar-refractivity contribution in [3.63, 3.8) is 0 Å². The molecule has 1 aromatic carbocycles. The molecule has 1 rings (SSSR count). The van der Waals surface area contributed by atoms with Crippen molar-refractivity contribution < 1.29 is 4.43 Å². The summed E-state index contributed by atoms with van der Waals surface area (Å²) in [5, 5.41) is 0.995. The zero-order valence-corrected chi connectivity index (χ0v) is 17.6. The van der Waals surface area contributed by atoms with Crippen LogP contribution in [0.1, 0.15) is 40.2 Å². The van der Waals surface area contributed by atoms with Gasteiger partial charge in [0.25, 0.3) is 0 Å². The van der Waals surface area contributed by atoms with E-state index in [0.717, 1.165) is 15.9 Å². The summed E-state index contributed by atoms with van der Waals surface area (Å²) in [6, 6.07) is 6.00. The smallest absolute Gasteiger partial charge is 0.192 e. The summed E-state index contributed by atoms with van der Waals surface area (Å²) >= 11 is 9.64. The molecule has 0 heterocycles. The molecule has 0 aliphatic rings. The zero-order valence-electron chi connectivity index (χ0n) is 14.3. The van der Waals surface area contributed by atoms with E-state index in [1.165, 1.54) is 5.56 Å². The summed E-state index contributed by atoms with van der Waals surface area (Å²) < 4.78 is 7.71. The molecular formula is C17H28BrClOSi. The van der Waals surface area contributed by atoms with Crippen LogP contribution in [0.3, 0.4) is 0 Å². The first-order valence-electron chi connectivity index (χ1n) is 7.56. The van der Waals surface area contributed by atoms with Gasteiger partial charge in [-0.2, -0.15) is 0 Å². The Bertz CT molecular complexity index is 480. The van der Waals surface area contributed by atoms with Crippen LogP contribution in [-0.4, -0.2) is 14.4 Å². The van der Waals surface area contributed by atoms with E-state index in [0.29, 0.717) is 5.92 Å². The summed E-state index contributed by atoms with van der Waals surface area (Å²) in [5.41, 5.74) is 1.26. The molecule has 1 nitrogen and oxygen atoms in total. The first kappa shape index (κ1) is 19.2. The number of halogens is 2. The van der Waals surface area contributed by atoms with Gasteiger partial charge in [-0.05, 0) is 48.2 Å². The molecule has 1 aromatic rings. The standard InChI is InChI=1S/C17H28BrClOSi/c1-12(2)16(20-21(6,7)17(3,4)5)10-13-8-9-14(19)11-15(13)18/h8-9,11-12,16H,10H2,1-7H3. The quantitative estimate of drug-likeness (QED) is 0.508. The predicted octanol–water partition coefficient (Wildman–Crippen LogP) is 6.69. The molecule has 0 N–H and O–H groups in total. The van der Waals surface area contributed by atoms with E-state index >= 15 is 0 Å². The van der Waals surface area contributed by atoms with Crippen molar-refractivity contribution in [1.82, 2.24) is 0 Å². The van der Waals surface area contributed by atoms with Gasteiger partial charge in [-0.3, -0.25) is 0 Å². The average molecular weight is 392 g/mol. The molecule has 0 aliphatic heterocycles. The van der Waals surface area contributed by atoms with Crippen molar-refractivity contribution >= 4 is 35.8 Å². The molecule has 0 bridgehead atoms. The maximum atomic E-state index is 6.64. The van der Waals surface area contributed by atoms with Crippen molar-refractivity contribution in [2.45, 2.75) is 65.3 Å². The summed E-state index contributed by atoms with van der Waals surface area (Å²) in [6.45, 7) is 16.0. The van der Waals surface area contributed by atoms with Gasteiger partial charge in [0.2, 0.25) is 0 Å². The first-order valence-corrected chi connectivity index (χ1v) is 11.6. The van der Waals surface area contributed by atoms with Crippen molar-refractivity contribution in [3.8, 4) is 0 Å². The molecule has 1 unspecified atom stereocenters. The van der Waals surface area contributed by atoms with Gasteiger partial charge < -0.3 is 4.43 Å². The van der Waals surface area contributed by atoms with Gasteiger partial charge in [-0.1, -0.05) is 68.2 Å². The lowest BCUT2D eigenvalue weighted by atomic mass is 9.99. The monoisotopic (exact) mass is 390 g/mol. The highest BCUT2D eigenvalue weighted by Crippen LogP contribution is 2.38. The zero-order chi connectivity index (χ0) is 16.4. The van der Waals surface area contributed by atoms with E-state index < -0.39 is 8.32 Å². The van der Waals surface area contributed by atoms with E-state index in [1.807, 2.05) is 12.1 Å². The molecule has 0 saturated heterocycles. The van der Waals surface area contributed by atoms with Gasteiger partial charge in [0.1, 0.15) is 0 Å². The number of rotatable bonds is 5. The fraction of sp³-hybridized carbons (Fsp3) is 0.647. The Labute approximate surface area is 144 Å². The second-order valence-corrected chi connectivity index (χ2v) is 13.6. The van der Waals surface area contributed by atoms with E-state index in [1.54, 1.807) is 0 Å². The van der Waals surface area contributed by atoms with E-state index in [9.17, 15) is 0 Å². The summed E-state index contributed by atoms with van der Waals surface area (Å²) in [4.78, 5) is 0. The average Bonchev–Trinajstić information content (AvgIpc) is 2.29. The van der Waals surface area contributed by atoms with Crippen LogP contribution >= 0.6 is 27.5 Å². The molecule has 0 radical (unpaired) electrons. The van der Waals surface area contributed by atoms with Gasteiger partial charge >= 0.3 is 0 Å². The lowest BCUT2D eigenvalue weighted by Gasteiger charge is -2.40. The highest BCUT2D eigenvalue weighted by Gasteiger charge is 2.39. The van der Waals surface area contributed by atoms with Crippen LogP contribution in [0.25, 0.3) is 0 Å². The maximum Gasteiger partial charge on any atom is 0.192 e. The van der Waals surface area contributed by atoms with Gasteiger partial charge in [0.15, 0.2) is 8.32 Å². The topological polar surface area (TPSA) is 9.23 Å². The summed E-state index contributed by atoms with van der Waals surface area (Å²) in [6.07, 6.45) is 1.16. The highest BCUT2D eigenvalue weighted by atomic mass is 79.9. The maximum absolute atomic E-state index is 6.64. The van der Waals surface area contributed by atoms with Gasteiger partial charge in [0, 0.05) is 9.50 Å². The van der Waals surface area contributed by atoms with Crippen molar-refractivity contribution in [2.75, 3.05) is 0 Å². The Hall–Kier alpha value is 0.167. The molecule has 4 heteroatoms. The molecule has 0 amide bonds. The fourth-order valence-electron chi connectivity index (χ4n) is 1.87. The number of benzene rings is 1. The molecule has 120 valence electrons. The molecular weight excluding hydrogens is 364 g/mol. The van der Waals surface area contributed by atoms with Crippen molar-refractivity contribution in [1.29, 1.82) is 0 Å². The van der Waals surface area contributed by atoms with Crippen LogP contribution in [0.4, 0.5) is 0 Å². The Morgan fingerprint density at radius 3 is 2.24 bits per heavy atom. The molecule has 21 heavy (non-hydrogen) atoms. The molecule has 0 aliphatic carbocycles. The molecule has 1 atom stereocenters. The van der Waals surface area contributed by atoms with E-state index in [2.05, 4.69) is 69.7 Å². The normalized spacial score (nSPS) is 14.6. The fourth-order valence-corrected chi connectivity index (χ4v) is 4.18. The van der Waals surface area contributed by atoms with Crippen LogP contribution in [0.15, 0.2) is 22.7 Å². The van der Waals surface area contributed by atoms with E-state index in [4.69, 9.17) is 16.0 Å². The van der Waals surface area contributed by atoms with Gasteiger partial charge in [0.05, 0.1) is 6.10 Å². The minimum absolute atomic E-state index is 0.234. The number of hydrogen-bond acceptors (Lipinski definition) is 1.